The molecular weight excluding hydrogens is 214 g/mol. The van der Waals surface area contributed by atoms with Crippen molar-refractivity contribution in [3.8, 4) is 11.5 Å². The third-order valence-electron chi connectivity index (χ3n) is 3.13. The number of aromatic nitrogens is 2. The molecule has 1 aliphatic rings. The lowest BCUT2D eigenvalue weighted by molar-refractivity contribution is 0.417. The van der Waals surface area contributed by atoms with E-state index in [0.717, 1.165) is 30.9 Å². The van der Waals surface area contributed by atoms with Crippen molar-refractivity contribution in [3.05, 3.63) is 35.7 Å². The van der Waals surface area contributed by atoms with E-state index in [-0.39, 0.29) is 0 Å². The Hall–Kier alpha value is -1.68. The maximum atomic E-state index is 5.33. The molecule has 4 heteroatoms. The molecule has 1 aromatic heterocycles. The minimum atomic E-state index is 0.400. The Bertz CT molecular complexity index is 515. The summed E-state index contributed by atoms with van der Waals surface area (Å²) in [5, 5.41) is 7.39. The zero-order valence-electron chi connectivity index (χ0n) is 9.81. The first-order valence-electron chi connectivity index (χ1n) is 5.94. The van der Waals surface area contributed by atoms with E-state index in [1.54, 1.807) is 0 Å². The smallest absolute Gasteiger partial charge is 0.257 e. The molecule has 0 spiro atoms. The van der Waals surface area contributed by atoms with Gasteiger partial charge in [-0.05, 0) is 32.0 Å². The van der Waals surface area contributed by atoms with Crippen LogP contribution in [-0.4, -0.2) is 23.2 Å². The SMILES string of the molecule is Cc1cccc(-c2nc([C@@H]3CCNC3)no2)c1. The van der Waals surface area contributed by atoms with Crippen LogP contribution in [0.1, 0.15) is 23.7 Å². The lowest BCUT2D eigenvalue weighted by Crippen LogP contribution is -2.08. The Morgan fingerprint density at radius 2 is 2.35 bits per heavy atom. The van der Waals surface area contributed by atoms with Gasteiger partial charge in [0.2, 0.25) is 0 Å². The summed E-state index contributed by atoms with van der Waals surface area (Å²) >= 11 is 0. The van der Waals surface area contributed by atoms with Crippen molar-refractivity contribution in [2.75, 3.05) is 13.1 Å². The number of nitrogens with one attached hydrogen (secondary N) is 1. The minimum absolute atomic E-state index is 0.400. The van der Waals surface area contributed by atoms with E-state index in [4.69, 9.17) is 4.52 Å². The average Bonchev–Trinajstić information content (AvgIpc) is 3.00. The highest BCUT2D eigenvalue weighted by Gasteiger charge is 2.22. The van der Waals surface area contributed by atoms with Crippen LogP contribution < -0.4 is 5.32 Å². The fourth-order valence-electron chi connectivity index (χ4n) is 2.17. The quantitative estimate of drug-likeness (QED) is 0.857. The number of hydrogen-bond donors (Lipinski definition) is 1. The monoisotopic (exact) mass is 229 g/mol. The fourth-order valence-corrected chi connectivity index (χ4v) is 2.17. The van der Waals surface area contributed by atoms with Crippen molar-refractivity contribution in [1.82, 2.24) is 15.5 Å². The van der Waals surface area contributed by atoms with Crippen LogP contribution in [0.3, 0.4) is 0 Å². The first-order valence-corrected chi connectivity index (χ1v) is 5.94. The Morgan fingerprint density at radius 1 is 1.41 bits per heavy atom. The van der Waals surface area contributed by atoms with Crippen molar-refractivity contribution in [2.24, 2.45) is 0 Å². The molecule has 1 atom stereocenters. The van der Waals surface area contributed by atoms with Crippen molar-refractivity contribution >= 4 is 0 Å². The van der Waals surface area contributed by atoms with Gasteiger partial charge in [-0.1, -0.05) is 22.9 Å². The largest absolute Gasteiger partial charge is 0.334 e. The summed E-state index contributed by atoms with van der Waals surface area (Å²) in [7, 11) is 0. The molecule has 88 valence electrons. The number of benzene rings is 1. The van der Waals surface area contributed by atoms with Crippen LogP contribution in [0, 0.1) is 6.92 Å². The molecule has 4 nitrogen and oxygen atoms in total. The molecule has 17 heavy (non-hydrogen) atoms. The zero-order valence-corrected chi connectivity index (χ0v) is 9.81. The zero-order chi connectivity index (χ0) is 11.7. The van der Waals surface area contributed by atoms with Crippen LogP contribution >= 0.6 is 0 Å². The number of nitrogens with zero attached hydrogens (tertiary/aromatic N) is 2. The first-order chi connectivity index (χ1) is 8.33. The highest BCUT2D eigenvalue weighted by atomic mass is 16.5. The maximum absolute atomic E-state index is 5.33. The Balaban J connectivity index is 1.89. The molecule has 0 bridgehead atoms. The van der Waals surface area contributed by atoms with Crippen LogP contribution in [0.15, 0.2) is 28.8 Å². The molecule has 3 rings (SSSR count). The van der Waals surface area contributed by atoms with Crippen LogP contribution in [0.2, 0.25) is 0 Å². The third kappa shape index (κ3) is 2.08. The summed E-state index contributed by atoms with van der Waals surface area (Å²) < 4.78 is 5.33. The molecule has 0 aliphatic carbocycles. The van der Waals surface area contributed by atoms with Crippen LogP contribution in [-0.2, 0) is 0 Å². The molecule has 0 radical (unpaired) electrons. The van der Waals surface area contributed by atoms with E-state index >= 15 is 0 Å². The van der Waals surface area contributed by atoms with Crippen LogP contribution in [0.25, 0.3) is 11.5 Å². The van der Waals surface area contributed by atoms with Gasteiger partial charge >= 0.3 is 0 Å². The van der Waals surface area contributed by atoms with Gasteiger partial charge in [-0.25, -0.2) is 0 Å². The van der Waals surface area contributed by atoms with Gasteiger partial charge in [-0.2, -0.15) is 4.98 Å². The van der Waals surface area contributed by atoms with Gasteiger partial charge in [0, 0.05) is 18.0 Å². The van der Waals surface area contributed by atoms with Crippen LogP contribution in [0.5, 0.6) is 0 Å². The standard InChI is InChI=1S/C13H15N3O/c1-9-3-2-4-10(7-9)13-15-12(16-17-13)11-5-6-14-8-11/h2-4,7,11,14H,5-6,8H2,1H3/t11-/m1/s1. The highest BCUT2D eigenvalue weighted by molar-refractivity contribution is 5.53. The van der Waals surface area contributed by atoms with Crippen molar-refractivity contribution in [1.29, 1.82) is 0 Å². The first kappa shape index (κ1) is 10.5. The van der Waals surface area contributed by atoms with Gasteiger partial charge in [0.15, 0.2) is 5.82 Å². The van der Waals surface area contributed by atoms with E-state index in [1.165, 1.54) is 5.56 Å². The molecule has 1 N–H and O–H groups in total. The fraction of sp³-hybridized carbons (Fsp3) is 0.385. The Labute approximate surface area is 100 Å². The maximum Gasteiger partial charge on any atom is 0.257 e. The molecule has 0 amide bonds. The summed E-state index contributed by atoms with van der Waals surface area (Å²) in [6.45, 7) is 4.05. The average molecular weight is 229 g/mol. The van der Waals surface area contributed by atoms with E-state index in [2.05, 4.69) is 34.5 Å². The van der Waals surface area contributed by atoms with Crippen molar-refractivity contribution in [3.63, 3.8) is 0 Å². The van der Waals surface area contributed by atoms with Gasteiger partial charge in [0.1, 0.15) is 0 Å². The Morgan fingerprint density at radius 3 is 3.12 bits per heavy atom. The van der Waals surface area contributed by atoms with Gasteiger partial charge in [-0.15, -0.1) is 0 Å². The summed E-state index contributed by atoms with van der Waals surface area (Å²) in [5.41, 5.74) is 2.19. The second-order valence-corrected chi connectivity index (χ2v) is 4.52. The molecule has 0 saturated carbocycles. The van der Waals surface area contributed by atoms with Gasteiger partial charge < -0.3 is 9.84 Å². The van der Waals surface area contributed by atoms with E-state index in [0.29, 0.717) is 11.8 Å². The number of hydrogen-bond acceptors (Lipinski definition) is 4. The van der Waals surface area contributed by atoms with Gasteiger partial charge in [0.05, 0.1) is 0 Å². The number of aryl methyl sites for hydroxylation is 1. The predicted octanol–water partition coefficient (Wildman–Crippen LogP) is 2.12. The molecule has 1 aliphatic heterocycles. The van der Waals surface area contributed by atoms with Crippen molar-refractivity contribution in [2.45, 2.75) is 19.3 Å². The second kappa shape index (κ2) is 4.30. The van der Waals surface area contributed by atoms with E-state index < -0.39 is 0 Å². The van der Waals surface area contributed by atoms with Gasteiger partial charge in [-0.3, -0.25) is 0 Å². The minimum Gasteiger partial charge on any atom is -0.334 e. The third-order valence-corrected chi connectivity index (χ3v) is 3.13. The van der Waals surface area contributed by atoms with Gasteiger partial charge in [0.25, 0.3) is 5.89 Å². The molecular formula is C13H15N3O. The van der Waals surface area contributed by atoms with Crippen LogP contribution in [0.4, 0.5) is 0 Å². The molecule has 0 unspecified atom stereocenters. The summed E-state index contributed by atoms with van der Waals surface area (Å²) in [6, 6.07) is 8.12. The molecule has 1 fully saturated rings. The van der Waals surface area contributed by atoms with Crippen molar-refractivity contribution < 1.29 is 4.52 Å². The van der Waals surface area contributed by atoms with E-state index in [9.17, 15) is 0 Å². The topological polar surface area (TPSA) is 51.0 Å². The molecule has 2 heterocycles. The normalized spacial score (nSPS) is 19.7. The summed E-state index contributed by atoms with van der Waals surface area (Å²) in [4.78, 5) is 4.49. The molecule has 1 aromatic carbocycles. The predicted molar refractivity (Wildman–Crippen MR) is 64.7 cm³/mol. The molecule has 2 aromatic rings. The summed E-state index contributed by atoms with van der Waals surface area (Å²) in [6.07, 6.45) is 1.09. The number of rotatable bonds is 2. The van der Waals surface area contributed by atoms with E-state index in [1.807, 2.05) is 12.1 Å². The molecule has 1 saturated heterocycles. The Kier molecular flexibility index (Phi) is 2.65. The summed E-state index contributed by atoms with van der Waals surface area (Å²) in [5.74, 6) is 1.85. The second-order valence-electron chi connectivity index (χ2n) is 4.52. The lowest BCUT2D eigenvalue weighted by atomic mass is 10.1. The lowest BCUT2D eigenvalue weighted by Gasteiger charge is -1.99. The highest BCUT2D eigenvalue weighted by Crippen LogP contribution is 2.23.